The van der Waals surface area contributed by atoms with Crippen LogP contribution in [0.1, 0.15) is 45.2 Å². The standard InChI is InChI=1S/C26H25N3O3/c1-16-13-19(15-27-17(16)2)24(30)29-12-11-26(21-9-4-5-10-22(21)28-25(26)31)23(29)18-7-6-8-20(14-18)32-3/h4-10,13-15,23H,11-12H2,1-3H3,(H,28,31)/t23-,26+/m0/s1. The van der Waals surface area contributed by atoms with E-state index in [0.29, 0.717) is 24.3 Å². The van der Waals surface area contributed by atoms with Crippen molar-refractivity contribution in [1.29, 1.82) is 0 Å². The van der Waals surface area contributed by atoms with Crippen LogP contribution in [0.25, 0.3) is 0 Å². The Kier molecular flexibility index (Phi) is 4.73. The maximum absolute atomic E-state index is 13.7. The number of hydrogen-bond donors (Lipinski definition) is 1. The van der Waals surface area contributed by atoms with Crippen LogP contribution in [0.15, 0.2) is 60.8 Å². The van der Waals surface area contributed by atoms with E-state index in [1.165, 1.54) is 0 Å². The predicted molar refractivity (Wildman–Crippen MR) is 122 cm³/mol. The van der Waals surface area contributed by atoms with Crippen LogP contribution in [0, 0.1) is 13.8 Å². The Balaban J connectivity index is 1.67. The number of nitrogens with zero attached hydrogens (tertiary/aromatic N) is 2. The molecular formula is C26H25N3O3. The molecule has 0 radical (unpaired) electrons. The highest BCUT2D eigenvalue weighted by Gasteiger charge is 2.59. The van der Waals surface area contributed by atoms with Gasteiger partial charge in [0, 0.05) is 24.1 Å². The number of amides is 2. The number of likely N-dealkylation sites (tertiary alicyclic amines) is 1. The minimum absolute atomic E-state index is 0.0694. The second-order valence-corrected chi connectivity index (χ2v) is 8.53. The number of aryl methyl sites for hydroxylation is 2. The van der Waals surface area contributed by atoms with E-state index < -0.39 is 11.5 Å². The maximum atomic E-state index is 13.7. The van der Waals surface area contributed by atoms with Crippen LogP contribution in [-0.4, -0.2) is 35.4 Å². The largest absolute Gasteiger partial charge is 0.497 e. The van der Waals surface area contributed by atoms with Gasteiger partial charge in [0.2, 0.25) is 5.91 Å². The topological polar surface area (TPSA) is 71.5 Å². The second-order valence-electron chi connectivity index (χ2n) is 8.53. The molecule has 1 aromatic heterocycles. The van der Waals surface area contributed by atoms with E-state index in [9.17, 15) is 9.59 Å². The number of carbonyl (C=O) groups excluding carboxylic acids is 2. The molecule has 0 saturated carbocycles. The van der Waals surface area contributed by atoms with Gasteiger partial charge in [-0.1, -0.05) is 30.3 Å². The Bertz CT molecular complexity index is 1240. The lowest BCUT2D eigenvalue weighted by molar-refractivity contribution is -0.121. The van der Waals surface area contributed by atoms with Crippen molar-refractivity contribution in [3.05, 3.63) is 88.7 Å². The number of para-hydroxylation sites is 1. The van der Waals surface area contributed by atoms with Crippen LogP contribution in [0.3, 0.4) is 0 Å². The number of carbonyl (C=O) groups is 2. The number of fused-ring (bicyclic) bond motifs is 2. The third-order valence-electron chi connectivity index (χ3n) is 6.84. The molecule has 2 aliphatic heterocycles. The SMILES string of the molecule is COc1cccc([C@@H]2N(C(=O)c3cnc(C)c(C)c3)CC[C@]23C(=O)Nc2ccccc23)c1. The summed E-state index contributed by atoms with van der Waals surface area (Å²) in [5.74, 6) is 0.499. The van der Waals surface area contributed by atoms with Crippen molar-refractivity contribution in [2.45, 2.75) is 31.7 Å². The number of hydrogen-bond acceptors (Lipinski definition) is 4. The molecule has 2 atom stereocenters. The first-order valence-electron chi connectivity index (χ1n) is 10.7. The number of nitrogens with one attached hydrogen (secondary N) is 1. The molecule has 32 heavy (non-hydrogen) atoms. The Morgan fingerprint density at radius 2 is 1.97 bits per heavy atom. The van der Waals surface area contributed by atoms with Crippen LogP contribution in [0.5, 0.6) is 5.75 Å². The van der Waals surface area contributed by atoms with Gasteiger partial charge in [-0.05, 0) is 61.2 Å². The number of pyridine rings is 1. The fourth-order valence-electron chi connectivity index (χ4n) is 5.11. The first-order valence-corrected chi connectivity index (χ1v) is 10.7. The van der Waals surface area contributed by atoms with Gasteiger partial charge in [-0.25, -0.2) is 0 Å². The molecule has 3 aromatic rings. The van der Waals surface area contributed by atoms with E-state index in [1.54, 1.807) is 13.3 Å². The van der Waals surface area contributed by atoms with Gasteiger partial charge in [-0.15, -0.1) is 0 Å². The maximum Gasteiger partial charge on any atom is 0.255 e. The van der Waals surface area contributed by atoms with Gasteiger partial charge in [-0.2, -0.15) is 0 Å². The quantitative estimate of drug-likeness (QED) is 0.681. The molecule has 2 aliphatic rings. The number of methoxy groups -OCH3 is 1. The Morgan fingerprint density at radius 3 is 2.75 bits per heavy atom. The Hall–Kier alpha value is -3.67. The number of anilines is 1. The lowest BCUT2D eigenvalue weighted by Crippen LogP contribution is -2.42. The van der Waals surface area contributed by atoms with Gasteiger partial charge in [0.15, 0.2) is 0 Å². The number of ether oxygens (including phenoxy) is 1. The molecule has 1 N–H and O–H groups in total. The molecule has 2 aromatic carbocycles. The van der Waals surface area contributed by atoms with Crippen molar-refractivity contribution < 1.29 is 14.3 Å². The smallest absolute Gasteiger partial charge is 0.255 e. The monoisotopic (exact) mass is 427 g/mol. The summed E-state index contributed by atoms with van der Waals surface area (Å²) in [6.07, 6.45) is 2.17. The van der Waals surface area contributed by atoms with Crippen molar-refractivity contribution in [3.8, 4) is 5.75 Å². The molecular weight excluding hydrogens is 402 g/mol. The molecule has 6 heteroatoms. The van der Waals surface area contributed by atoms with E-state index in [2.05, 4.69) is 10.3 Å². The zero-order valence-electron chi connectivity index (χ0n) is 18.4. The van der Waals surface area contributed by atoms with E-state index in [-0.39, 0.29) is 11.8 Å². The van der Waals surface area contributed by atoms with Crippen LogP contribution >= 0.6 is 0 Å². The summed E-state index contributed by atoms with van der Waals surface area (Å²) in [6, 6.07) is 16.8. The van der Waals surface area contributed by atoms with Crippen molar-refractivity contribution >= 4 is 17.5 Å². The van der Waals surface area contributed by atoms with Crippen LogP contribution in [-0.2, 0) is 10.2 Å². The molecule has 0 aliphatic carbocycles. The predicted octanol–water partition coefficient (Wildman–Crippen LogP) is 4.18. The Labute approximate surface area is 187 Å². The van der Waals surface area contributed by atoms with Crippen molar-refractivity contribution in [2.24, 2.45) is 0 Å². The third-order valence-corrected chi connectivity index (χ3v) is 6.84. The summed E-state index contributed by atoms with van der Waals surface area (Å²) in [5, 5.41) is 3.05. The summed E-state index contributed by atoms with van der Waals surface area (Å²) < 4.78 is 5.46. The fourth-order valence-corrected chi connectivity index (χ4v) is 5.11. The lowest BCUT2D eigenvalue weighted by atomic mass is 9.72. The average molecular weight is 428 g/mol. The normalized spacial score (nSPS) is 21.5. The molecule has 2 amide bonds. The van der Waals surface area contributed by atoms with E-state index in [4.69, 9.17) is 4.74 Å². The van der Waals surface area contributed by atoms with Gasteiger partial charge in [0.05, 0.1) is 18.7 Å². The number of aromatic nitrogens is 1. The number of rotatable bonds is 3. The summed E-state index contributed by atoms with van der Waals surface area (Å²) >= 11 is 0. The Morgan fingerprint density at radius 1 is 1.16 bits per heavy atom. The molecule has 1 spiro atoms. The fraction of sp³-hybridized carbons (Fsp3) is 0.269. The van der Waals surface area contributed by atoms with E-state index in [0.717, 1.165) is 28.1 Å². The molecule has 162 valence electrons. The van der Waals surface area contributed by atoms with Crippen molar-refractivity contribution in [3.63, 3.8) is 0 Å². The van der Waals surface area contributed by atoms with E-state index >= 15 is 0 Å². The molecule has 1 saturated heterocycles. The van der Waals surface area contributed by atoms with Gasteiger partial charge in [-0.3, -0.25) is 14.6 Å². The average Bonchev–Trinajstić information content (AvgIpc) is 3.34. The lowest BCUT2D eigenvalue weighted by Gasteiger charge is -2.34. The van der Waals surface area contributed by atoms with Crippen molar-refractivity contribution in [1.82, 2.24) is 9.88 Å². The molecule has 5 rings (SSSR count). The summed E-state index contributed by atoms with van der Waals surface area (Å²) in [4.78, 5) is 33.4. The van der Waals surface area contributed by atoms with Crippen molar-refractivity contribution in [2.75, 3.05) is 19.0 Å². The first-order chi connectivity index (χ1) is 15.5. The zero-order valence-corrected chi connectivity index (χ0v) is 18.4. The summed E-state index contributed by atoms with van der Waals surface area (Å²) in [6.45, 7) is 4.34. The molecule has 3 heterocycles. The zero-order chi connectivity index (χ0) is 22.5. The summed E-state index contributed by atoms with van der Waals surface area (Å²) in [5.41, 5.74) is 4.16. The minimum Gasteiger partial charge on any atom is -0.497 e. The highest BCUT2D eigenvalue weighted by atomic mass is 16.5. The summed E-state index contributed by atoms with van der Waals surface area (Å²) in [7, 11) is 1.62. The van der Waals surface area contributed by atoms with Gasteiger partial charge >= 0.3 is 0 Å². The minimum atomic E-state index is -0.855. The van der Waals surface area contributed by atoms with Gasteiger partial charge in [0.1, 0.15) is 11.2 Å². The van der Waals surface area contributed by atoms with Crippen LogP contribution in [0.2, 0.25) is 0 Å². The molecule has 0 unspecified atom stereocenters. The first kappa shape index (κ1) is 20.2. The van der Waals surface area contributed by atoms with E-state index in [1.807, 2.05) is 73.3 Å². The molecule has 6 nitrogen and oxygen atoms in total. The number of benzene rings is 2. The second kappa shape index (κ2) is 7.48. The van der Waals surface area contributed by atoms with Gasteiger partial charge in [0.25, 0.3) is 5.91 Å². The van der Waals surface area contributed by atoms with Crippen LogP contribution in [0.4, 0.5) is 5.69 Å². The highest BCUT2D eigenvalue weighted by molar-refractivity contribution is 6.08. The highest BCUT2D eigenvalue weighted by Crippen LogP contribution is 2.55. The molecule has 0 bridgehead atoms. The third kappa shape index (κ3) is 2.90. The molecule has 1 fully saturated rings. The van der Waals surface area contributed by atoms with Crippen LogP contribution < -0.4 is 10.1 Å². The van der Waals surface area contributed by atoms with Gasteiger partial charge < -0.3 is 15.0 Å².